The maximum Gasteiger partial charge on any atom is 0.303 e. The lowest BCUT2D eigenvalue weighted by molar-refractivity contribution is -0.137. The van der Waals surface area contributed by atoms with Gasteiger partial charge in [0.15, 0.2) is 0 Å². The van der Waals surface area contributed by atoms with Crippen LogP contribution >= 0.6 is 43.5 Å². The second kappa shape index (κ2) is 10.0. The fourth-order valence-corrected chi connectivity index (χ4v) is 4.24. The molecule has 0 atom stereocenters. The van der Waals surface area contributed by atoms with Gasteiger partial charge in [0.25, 0.3) is 0 Å². The average molecular weight is 575 g/mol. The Morgan fingerprint density at radius 3 is 1.94 bits per heavy atom. The number of aliphatic carboxylic acids is 1. The van der Waals surface area contributed by atoms with Crippen LogP contribution in [-0.4, -0.2) is 20.6 Å². The molecule has 0 fully saturated rings. The van der Waals surface area contributed by atoms with Gasteiger partial charge >= 0.3 is 5.97 Å². The second-order valence-corrected chi connectivity index (χ2v) is 9.57. The number of imidazole rings is 1. The average Bonchev–Trinajstić information content (AvgIpc) is 3.14. The van der Waals surface area contributed by atoms with Gasteiger partial charge in [-0.05, 0) is 55.0 Å². The summed E-state index contributed by atoms with van der Waals surface area (Å²) in [4.78, 5) is 16.2. The first-order valence-corrected chi connectivity index (χ1v) is 12.0. The molecular formula is C25H19Br2ClN2O2. The Balaban J connectivity index is 1.95. The van der Waals surface area contributed by atoms with Crippen LogP contribution in [0.25, 0.3) is 33.9 Å². The molecular weight excluding hydrogens is 556 g/mol. The molecule has 4 nitrogen and oxygen atoms in total. The molecule has 0 aliphatic carbocycles. The van der Waals surface area contributed by atoms with Crippen molar-refractivity contribution in [3.63, 3.8) is 0 Å². The number of carboxylic acids is 1. The number of hydrogen-bond donors (Lipinski definition) is 1. The Kier molecular flexibility index (Phi) is 7.13. The van der Waals surface area contributed by atoms with E-state index in [1.807, 2.05) is 72.8 Å². The molecule has 162 valence electrons. The van der Waals surface area contributed by atoms with Gasteiger partial charge in [0.2, 0.25) is 0 Å². The number of nitrogens with zero attached hydrogens (tertiary/aromatic N) is 2. The Bertz CT molecular complexity index is 1230. The third-order valence-electron chi connectivity index (χ3n) is 5.08. The van der Waals surface area contributed by atoms with Crippen molar-refractivity contribution in [2.75, 3.05) is 0 Å². The quantitative estimate of drug-likeness (QED) is 0.244. The van der Waals surface area contributed by atoms with E-state index in [0.29, 0.717) is 18.0 Å². The summed E-state index contributed by atoms with van der Waals surface area (Å²) in [5, 5.41) is 9.84. The largest absolute Gasteiger partial charge is 0.481 e. The monoisotopic (exact) mass is 572 g/mol. The van der Waals surface area contributed by atoms with E-state index in [1.165, 1.54) is 0 Å². The highest BCUT2D eigenvalue weighted by Gasteiger charge is 2.21. The molecule has 0 spiro atoms. The van der Waals surface area contributed by atoms with E-state index in [-0.39, 0.29) is 6.42 Å². The predicted octanol–water partition coefficient (Wildman–Crippen LogP) is 7.93. The van der Waals surface area contributed by atoms with E-state index in [2.05, 4.69) is 36.4 Å². The minimum atomic E-state index is -0.809. The molecule has 1 N–H and O–H groups in total. The number of halogens is 3. The van der Waals surface area contributed by atoms with E-state index in [1.54, 1.807) is 0 Å². The molecule has 0 radical (unpaired) electrons. The summed E-state index contributed by atoms with van der Waals surface area (Å²) >= 11 is 13.1. The fourth-order valence-electron chi connectivity index (χ4n) is 3.59. The SMILES string of the molecule is O=C(O)CCCn1c(-c2ccc(Cl)cc2)nc(-c2ccc(Br)cc2)c1-c1ccc(Br)cc1. The summed E-state index contributed by atoms with van der Waals surface area (Å²) in [5.74, 6) is -0.0284. The predicted molar refractivity (Wildman–Crippen MR) is 136 cm³/mol. The Hall–Kier alpha value is -2.41. The molecule has 4 rings (SSSR count). The molecule has 1 aromatic heterocycles. The highest BCUT2D eigenvalue weighted by atomic mass is 79.9. The minimum Gasteiger partial charge on any atom is -0.481 e. The van der Waals surface area contributed by atoms with Crippen molar-refractivity contribution in [2.45, 2.75) is 19.4 Å². The van der Waals surface area contributed by atoms with Crippen LogP contribution in [0.2, 0.25) is 5.02 Å². The molecule has 0 aliphatic heterocycles. The van der Waals surface area contributed by atoms with Crippen LogP contribution in [0.15, 0.2) is 81.7 Å². The van der Waals surface area contributed by atoms with Crippen LogP contribution in [0.4, 0.5) is 0 Å². The van der Waals surface area contributed by atoms with Crippen LogP contribution in [0, 0.1) is 0 Å². The molecule has 0 saturated heterocycles. The van der Waals surface area contributed by atoms with E-state index < -0.39 is 5.97 Å². The number of aromatic nitrogens is 2. The first-order chi connectivity index (χ1) is 15.4. The van der Waals surface area contributed by atoms with Crippen molar-refractivity contribution >= 4 is 49.4 Å². The Labute approximate surface area is 208 Å². The van der Waals surface area contributed by atoms with Gasteiger partial charge in [0, 0.05) is 43.6 Å². The topological polar surface area (TPSA) is 55.1 Å². The van der Waals surface area contributed by atoms with Crippen molar-refractivity contribution in [3.8, 4) is 33.9 Å². The first kappa shape index (κ1) is 22.8. The lowest BCUT2D eigenvalue weighted by atomic mass is 10.0. The Morgan fingerprint density at radius 1 is 0.844 bits per heavy atom. The highest BCUT2D eigenvalue weighted by molar-refractivity contribution is 9.10. The number of hydrogen-bond acceptors (Lipinski definition) is 2. The molecule has 3 aromatic carbocycles. The fraction of sp³-hybridized carbons (Fsp3) is 0.120. The summed E-state index contributed by atoms with van der Waals surface area (Å²) in [6, 6.07) is 23.7. The van der Waals surface area contributed by atoms with Crippen molar-refractivity contribution in [1.82, 2.24) is 9.55 Å². The van der Waals surface area contributed by atoms with Gasteiger partial charge in [0.05, 0.1) is 11.4 Å². The van der Waals surface area contributed by atoms with Crippen molar-refractivity contribution < 1.29 is 9.90 Å². The van der Waals surface area contributed by atoms with Gasteiger partial charge < -0.3 is 9.67 Å². The second-order valence-electron chi connectivity index (χ2n) is 7.30. The molecule has 1 heterocycles. The minimum absolute atomic E-state index is 0.0889. The van der Waals surface area contributed by atoms with Crippen LogP contribution in [-0.2, 0) is 11.3 Å². The summed E-state index contributed by atoms with van der Waals surface area (Å²) < 4.78 is 4.10. The number of benzene rings is 3. The van der Waals surface area contributed by atoms with Gasteiger partial charge in [-0.1, -0.05) is 67.7 Å². The molecule has 0 aliphatic rings. The van der Waals surface area contributed by atoms with E-state index >= 15 is 0 Å². The Morgan fingerprint density at radius 2 is 1.38 bits per heavy atom. The molecule has 0 saturated carbocycles. The van der Waals surface area contributed by atoms with Crippen LogP contribution in [0.3, 0.4) is 0 Å². The van der Waals surface area contributed by atoms with E-state index in [4.69, 9.17) is 16.6 Å². The summed E-state index contributed by atoms with van der Waals surface area (Å²) in [5.41, 5.74) is 4.72. The van der Waals surface area contributed by atoms with E-state index in [0.717, 1.165) is 42.8 Å². The molecule has 32 heavy (non-hydrogen) atoms. The molecule has 0 unspecified atom stereocenters. The third-order valence-corrected chi connectivity index (χ3v) is 6.39. The van der Waals surface area contributed by atoms with Crippen LogP contribution in [0.5, 0.6) is 0 Å². The molecule has 4 aromatic rings. The number of rotatable bonds is 7. The van der Waals surface area contributed by atoms with Gasteiger partial charge in [0.1, 0.15) is 5.82 Å². The van der Waals surface area contributed by atoms with Crippen LogP contribution < -0.4 is 0 Å². The van der Waals surface area contributed by atoms with Gasteiger partial charge in [-0.25, -0.2) is 4.98 Å². The maximum absolute atomic E-state index is 11.2. The normalized spacial score (nSPS) is 11.0. The highest BCUT2D eigenvalue weighted by Crippen LogP contribution is 2.37. The lowest BCUT2D eigenvalue weighted by Crippen LogP contribution is -2.05. The molecule has 7 heteroatoms. The molecule has 0 amide bonds. The lowest BCUT2D eigenvalue weighted by Gasteiger charge is -2.13. The molecule has 0 bridgehead atoms. The van der Waals surface area contributed by atoms with Gasteiger partial charge in [-0.15, -0.1) is 0 Å². The zero-order valence-electron chi connectivity index (χ0n) is 16.9. The first-order valence-electron chi connectivity index (χ1n) is 10.0. The maximum atomic E-state index is 11.2. The van der Waals surface area contributed by atoms with Crippen molar-refractivity contribution in [2.24, 2.45) is 0 Å². The van der Waals surface area contributed by atoms with Crippen molar-refractivity contribution in [3.05, 3.63) is 86.8 Å². The summed E-state index contributed by atoms with van der Waals surface area (Å²) in [7, 11) is 0. The summed E-state index contributed by atoms with van der Waals surface area (Å²) in [6.07, 6.45) is 0.585. The zero-order chi connectivity index (χ0) is 22.7. The standard InChI is InChI=1S/C25H19Br2ClN2O2/c26-19-9-3-16(4-10-19)23-24(17-5-11-20(27)12-6-17)30(15-1-2-22(31)32)25(29-23)18-7-13-21(28)14-8-18/h3-14H,1-2,15H2,(H,31,32). The summed E-state index contributed by atoms with van der Waals surface area (Å²) in [6.45, 7) is 0.527. The number of carboxylic acid groups (broad SMARTS) is 1. The van der Waals surface area contributed by atoms with Crippen LogP contribution in [0.1, 0.15) is 12.8 Å². The van der Waals surface area contributed by atoms with Crippen molar-refractivity contribution in [1.29, 1.82) is 0 Å². The zero-order valence-corrected chi connectivity index (χ0v) is 20.9. The number of carbonyl (C=O) groups is 1. The van der Waals surface area contributed by atoms with E-state index in [9.17, 15) is 9.90 Å². The van der Waals surface area contributed by atoms with Gasteiger partial charge in [-0.3, -0.25) is 4.79 Å². The van der Waals surface area contributed by atoms with Gasteiger partial charge in [-0.2, -0.15) is 0 Å². The third kappa shape index (κ3) is 5.14. The smallest absolute Gasteiger partial charge is 0.303 e.